The van der Waals surface area contributed by atoms with Crippen molar-refractivity contribution in [3.63, 3.8) is 0 Å². The number of nitrogens with zero attached hydrogens (tertiary/aromatic N) is 2. The van der Waals surface area contributed by atoms with Gasteiger partial charge in [0, 0.05) is 17.5 Å². The summed E-state index contributed by atoms with van der Waals surface area (Å²) in [4.78, 5) is 0. The zero-order chi connectivity index (χ0) is 15.9. The minimum Gasteiger partial charge on any atom is -0.423 e. The van der Waals surface area contributed by atoms with Crippen molar-refractivity contribution in [1.82, 2.24) is 9.78 Å². The first-order valence-corrected chi connectivity index (χ1v) is 6.94. The number of ether oxygens (including phenoxy) is 1. The standard InChI is InChI=1S/C13H14BF3N2O3/c15-13(16,17)9-4-5-10-8(12(9)14(20)21)7-18-19(10)11-3-1-2-6-22-11/h4-5,7,11,20-21H,1-3,6H2. The highest BCUT2D eigenvalue weighted by atomic mass is 19.4. The van der Waals surface area contributed by atoms with Gasteiger partial charge in [0.25, 0.3) is 0 Å². The number of fused-ring (bicyclic) bond motifs is 1. The summed E-state index contributed by atoms with van der Waals surface area (Å²) < 4.78 is 46.2. The van der Waals surface area contributed by atoms with Gasteiger partial charge in [-0.3, -0.25) is 0 Å². The van der Waals surface area contributed by atoms with Gasteiger partial charge in [-0.2, -0.15) is 18.3 Å². The second-order valence-corrected chi connectivity index (χ2v) is 5.24. The third-order valence-electron chi connectivity index (χ3n) is 3.81. The van der Waals surface area contributed by atoms with Crippen molar-refractivity contribution >= 4 is 23.5 Å². The van der Waals surface area contributed by atoms with Gasteiger partial charge in [0.15, 0.2) is 6.23 Å². The van der Waals surface area contributed by atoms with Crippen LogP contribution in [0.15, 0.2) is 18.3 Å². The second-order valence-electron chi connectivity index (χ2n) is 5.24. The van der Waals surface area contributed by atoms with Gasteiger partial charge in [-0.25, -0.2) is 4.68 Å². The van der Waals surface area contributed by atoms with Crippen LogP contribution < -0.4 is 5.46 Å². The Balaban J connectivity index is 2.15. The van der Waals surface area contributed by atoms with E-state index in [2.05, 4.69) is 5.10 Å². The lowest BCUT2D eigenvalue weighted by atomic mass is 9.74. The first kappa shape index (κ1) is 15.3. The number of rotatable bonds is 2. The van der Waals surface area contributed by atoms with E-state index in [1.54, 1.807) is 0 Å². The van der Waals surface area contributed by atoms with Gasteiger partial charge in [-0.05, 0) is 31.4 Å². The van der Waals surface area contributed by atoms with Crippen LogP contribution in [0.2, 0.25) is 0 Å². The third-order valence-corrected chi connectivity index (χ3v) is 3.81. The van der Waals surface area contributed by atoms with Crippen molar-refractivity contribution in [2.45, 2.75) is 31.7 Å². The highest BCUT2D eigenvalue weighted by molar-refractivity contribution is 6.62. The van der Waals surface area contributed by atoms with Gasteiger partial charge >= 0.3 is 13.3 Å². The fourth-order valence-electron chi connectivity index (χ4n) is 2.81. The Kier molecular flexibility index (Phi) is 3.88. The average molecular weight is 314 g/mol. The van der Waals surface area contributed by atoms with Crippen LogP contribution in [0.1, 0.15) is 31.1 Å². The Labute approximate surface area is 124 Å². The van der Waals surface area contributed by atoms with Gasteiger partial charge in [0.2, 0.25) is 0 Å². The van der Waals surface area contributed by atoms with Crippen LogP contribution in [-0.4, -0.2) is 33.6 Å². The third kappa shape index (κ3) is 2.60. The summed E-state index contributed by atoms with van der Waals surface area (Å²) in [6, 6.07) is 2.13. The minimum atomic E-state index is -4.67. The Morgan fingerprint density at radius 2 is 2.05 bits per heavy atom. The van der Waals surface area contributed by atoms with Crippen LogP contribution in [0.4, 0.5) is 13.2 Å². The molecule has 1 unspecified atom stereocenters. The second kappa shape index (κ2) is 5.56. The molecule has 2 N–H and O–H groups in total. The van der Waals surface area contributed by atoms with Crippen molar-refractivity contribution in [1.29, 1.82) is 0 Å². The van der Waals surface area contributed by atoms with E-state index in [1.807, 2.05) is 0 Å². The van der Waals surface area contributed by atoms with Crippen molar-refractivity contribution in [2.75, 3.05) is 6.61 Å². The Morgan fingerprint density at radius 3 is 2.64 bits per heavy atom. The molecular formula is C13H14BF3N2O3. The lowest BCUT2D eigenvalue weighted by Gasteiger charge is -2.23. The first-order valence-electron chi connectivity index (χ1n) is 6.94. The molecule has 0 amide bonds. The number of alkyl halides is 3. The molecule has 1 saturated heterocycles. The molecule has 22 heavy (non-hydrogen) atoms. The smallest absolute Gasteiger partial charge is 0.423 e. The maximum Gasteiger partial charge on any atom is 0.489 e. The summed E-state index contributed by atoms with van der Waals surface area (Å²) in [5.74, 6) is 0. The van der Waals surface area contributed by atoms with Crippen LogP contribution in [-0.2, 0) is 10.9 Å². The minimum absolute atomic E-state index is 0.0685. The molecule has 0 spiro atoms. The number of hydrogen-bond acceptors (Lipinski definition) is 4. The molecule has 5 nitrogen and oxygen atoms in total. The SMILES string of the molecule is OB(O)c1c(C(F)(F)F)ccc2c1cnn2C1CCCCO1. The molecule has 1 aromatic carbocycles. The highest BCUT2D eigenvalue weighted by Gasteiger charge is 2.38. The van der Waals surface area contributed by atoms with E-state index < -0.39 is 24.3 Å². The largest absolute Gasteiger partial charge is 0.489 e. The summed E-state index contributed by atoms with van der Waals surface area (Å²) in [6.07, 6.45) is -1.19. The lowest BCUT2D eigenvalue weighted by Crippen LogP contribution is -2.36. The molecule has 0 aliphatic carbocycles. The summed E-state index contributed by atoms with van der Waals surface area (Å²) in [5.41, 5.74) is -1.26. The molecule has 2 heterocycles. The fourth-order valence-corrected chi connectivity index (χ4v) is 2.81. The van der Waals surface area contributed by atoms with Crippen molar-refractivity contribution in [3.8, 4) is 0 Å². The van der Waals surface area contributed by atoms with Crippen molar-refractivity contribution < 1.29 is 28.0 Å². The molecule has 9 heteroatoms. The highest BCUT2D eigenvalue weighted by Crippen LogP contribution is 2.32. The normalized spacial score (nSPS) is 19.6. The van der Waals surface area contributed by atoms with Gasteiger partial charge in [0.05, 0.1) is 17.3 Å². The van der Waals surface area contributed by atoms with Crippen molar-refractivity contribution in [2.24, 2.45) is 0 Å². The Hall–Kier alpha value is -1.58. The molecule has 0 saturated carbocycles. The zero-order valence-electron chi connectivity index (χ0n) is 11.5. The number of aromatic nitrogens is 2. The number of benzene rings is 1. The molecule has 0 bridgehead atoms. The lowest BCUT2D eigenvalue weighted by molar-refractivity contribution is -0.136. The van der Waals surface area contributed by atoms with E-state index in [-0.39, 0.29) is 11.6 Å². The zero-order valence-corrected chi connectivity index (χ0v) is 11.5. The average Bonchev–Trinajstić information content (AvgIpc) is 2.89. The van der Waals surface area contributed by atoms with E-state index >= 15 is 0 Å². The van der Waals surface area contributed by atoms with E-state index in [0.717, 1.165) is 25.3 Å². The first-order chi connectivity index (χ1) is 10.4. The van der Waals surface area contributed by atoms with E-state index in [1.165, 1.54) is 16.9 Å². The fraction of sp³-hybridized carbons (Fsp3) is 0.462. The summed E-state index contributed by atoms with van der Waals surface area (Å²) in [5, 5.41) is 22.9. The van der Waals surface area contributed by atoms with Crippen LogP contribution >= 0.6 is 0 Å². The molecule has 1 fully saturated rings. The Morgan fingerprint density at radius 1 is 1.27 bits per heavy atom. The summed E-state index contributed by atoms with van der Waals surface area (Å²) in [6.45, 7) is 0.572. The molecular weight excluding hydrogens is 300 g/mol. The molecule has 0 radical (unpaired) electrons. The summed E-state index contributed by atoms with van der Waals surface area (Å²) >= 11 is 0. The number of hydrogen-bond donors (Lipinski definition) is 2. The summed E-state index contributed by atoms with van der Waals surface area (Å²) in [7, 11) is -2.23. The molecule has 1 aliphatic rings. The maximum absolute atomic E-state index is 13.0. The maximum atomic E-state index is 13.0. The molecule has 1 atom stereocenters. The van der Waals surface area contributed by atoms with Crippen LogP contribution in [0.25, 0.3) is 10.9 Å². The van der Waals surface area contributed by atoms with Gasteiger partial charge in [0.1, 0.15) is 0 Å². The van der Waals surface area contributed by atoms with Crippen LogP contribution in [0.5, 0.6) is 0 Å². The topological polar surface area (TPSA) is 67.5 Å². The Bertz CT molecular complexity index is 681. The van der Waals surface area contributed by atoms with Crippen molar-refractivity contribution in [3.05, 3.63) is 23.9 Å². The van der Waals surface area contributed by atoms with E-state index in [9.17, 15) is 23.2 Å². The van der Waals surface area contributed by atoms with Crippen LogP contribution in [0, 0.1) is 0 Å². The quantitative estimate of drug-likeness (QED) is 0.823. The molecule has 3 rings (SSSR count). The van der Waals surface area contributed by atoms with E-state index in [4.69, 9.17) is 4.74 Å². The predicted octanol–water partition coefficient (Wildman–Crippen LogP) is 1.43. The van der Waals surface area contributed by atoms with Crippen LogP contribution in [0.3, 0.4) is 0 Å². The monoisotopic (exact) mass is 314 g/mol. The predicted molar refractivity (Wildman–Crippen MR) is 73.4 cm³/mol. The molecule has 118 valence electrons. The van der Waals surface area contributed by atoms with Gasteiger partial charge in [-0.1, -0.05) is 0 Å². The molecule has 2 aromatic rings. The molecule has 1 aliphatic heterocycles. The van der Waals surface area contributed by atoms with E-state index in [0.29, 0.717) is 12.1 Å². The molecule has 1 aromatic heterocycles. The number of halogens is 3. The van der Waals surface area contributed by atoms with Gasteiger partial charge in [-0.15, -0.1) is 0 Å². The van der Waals surface area contributed by atoms with Gasteiger partial charge < -0.3 is 14.8 Å².